The highest BCUT2D eigenvalue weighted by atomic mass is 16.5. The number of cyclic esters (lactones) is 1. The Morgan fingerprint density at radius 3 is 2.69 bits per heavy atom. The Kier molecular flexibility index (Phi) is 5.91. The van der Waals surface area contributed by atoms with Crippen molar-refractivity contribution in [3.05, 3.63) is 23.8 Å². The van der Waals surface area contributed by atoms with Gasteiger partial charge >= 0.3 is 5.97 Å². The van der Waals surface area contributed by atoms with Gasteiger partial charge in [-0.2, -0.15) is 0 Å². The molecule has 2 heteroatoms. The maximum atomic E-state index is 11.1. The summed E-state index contributed by atoms with van der Waals surface area (Å²) in [4.78, 5) is 11.1. The van der Waals surface area contributed by atoms with Gasteiger partial charge in [-0.15, -0.1) is 0 Å². The van der Waals surface area contributed by atoms with E-state index in [1.165, 1.54) is 32.1 Å². The number of carbonyl (C=O) groups excluding carboxylic acids is 1. The van der Waals surface area contributed by atoms with Crippen molar-refractivity contribution in [2.75, 3.05) is 0 Å². The highest BCUT2D eigenvalue weighted by Crippen LogP contribution is 2.14. The van der Waals surface area contributed by atoms with Crippen LogP contribution in [0.2, 0.25) is 0 Å². The molecule has 1 rings (SSSR count). The molecular weight excluding hydrogens is 200 g/mol. The lowest BCUT2D eigenvalue weighted by molar-refractivity contribution is -0.138. The first-order chi connectivity index (χ1) is 7.74. The van der Waals surface area contributed by atoms with E-state index in [2.05, 4.69) is 13.0 Å². The van der Waals surface area contributed by atoms with Crippen molar-refractivity contribution in [3.63, 3.8) is 0 Å². The van der Waals surface area contributed by atoms with Crippen LogP contribution in [-0.2, 0) is 9.53 Å². The van der Waals surface area contributed by atoms with Crippen LogP contribution in [-0.4, -0.2) is 12.1 Å². The number of allylic oxidation sites excluding steroid dienone is 1. The summed E-state index contributed by atoms with van der Waals surface area (Å²) in [7, 11) is 0. The summed E-state index contributed by atoms with van der Waals surface area (Å²) < 4.78 is 5.10. The molecule has 0 aromatic heterocycles. The molecule has 1 atom stereocenters. The largest absolute Gasteiger partial charge is 0.450 e. The molecule has 0 saturated carbocycles. The average Bonchev–Trinajstić information content (AvgIpc) is 2.57. The van der Waals surface area contributed by atoms with E-state index >= 15 is 0 Å². The minimum atomic E-state index is -0.183. The molecule has 0 spiro atoms. The molecule has 0 aromatic carbocycles. The summed E-state index contributed by atoms with van der Waals surface area (Å²) in [6, 6.07) is 0. The Bertz CT molecular complexity index is 276. The predicted molar refractivity (Wildman–Crippen MR) is 66.2 cm³/mol. The van der Waals surface area contributed by atoms with Gasteiger partial charge < -0.3 is 4.74 Å². The predicted octanol–water partition coefficient (Wildman–Crippen LogP) is 3.77. The molecule has 0 aliphatic carbocycles. The zero-order chi connectivity index (χ0) is 11.8. The Morgan fingerprint density at radius 1 is 1.31 bits per heavy atom. The van der Waals surface area contributed by atoms with Crippen molar-refractivity contribution in [1.29, 1.82) is 0 Å². The van der Waals surface area contributed by atoms with Gasteiger partial charge in [0.1, 0.15) is 6.10 Å². The minimum absolute atomic E-state index is 0.122. The smallest absolute Gasteiger partial charge is 0.334 e. The van der Waals surface area contributed by atoms with Crippen molar-refractivity contribution in [2.24, 2.45) is 0 Å². The Morgan fingerprint density at radius 2 is 2.06 bits per heavy atom. The lowest BCUT2D eigenvalue weighted by Crippen LogP contribution is -2.04. The number of hydrogen-bond donors (Lipinski definition) is 0. The summed E-state index contributed by atoms with van der Waals surface area (Å²) in [5.74, 6) is -0.183. The molecule has 0 fully saturated rings. The third-order valence-corrected chi connectivity index (χ3v) is 2.78. The molecule has 1 aliphatic rings. The van der Waals surface area contributed by atoms with Gasteiger partial charge in [-0.3, -0.25) is 0 Å². The lowest BCUT2D eigenvalue weighted by atomic mass is 10.1. The molecule has 0 radical (unpaired) electrons. The van der Waals surface area contributed by atoms with Crippen molar-refractivity contribution in [3.8, 4) is 0 Å². The van der Waals surface area contributed by atoms with Gasteiger partial charge in [-0.05, 0) is 31.9 Å². The normalized spacial score (nSPS) is 20.2. The first-order valence-electron chi connectivity index (χ1n) is 6.30. The number of rotatable bonds is 7. The fourth-order valence-corrected chi connectivity index (χ4v) is 1.76. The zero-order valence-electron chi connectivity index (χ0n) is 10.4. The van der Waals surface area contributed by atoms with E-state index in [1.807, 2.05) is 12.2 Å². The number of hydrogen-bond acceptors (Lipinski definition) is 2. The molecule has 0 saturated heterocycles. The molecule has 1 aliphatic heterocycles. The van der Waals surface area contributed by atoms with Crippen LogP contribution in [0.15, 0.2) is 23.8 Å². The van der Waals surface area contributed by atoms with E-state index in [4.69, 9.17) is 4.74 Å². The average molecular weight is 222 g/mol. The van der Waals surface area contributed by atoms with Gasteiger partial charge in [0.15, 0.2) is 0 Å². The molecule has 2 nitrogen and oxygen atoms in total. The van der Waals surface area contributed by atoms with E-state index in [0.29, 0.717) is 0 Å². The van der Waals surface area contributed by atoms with E-state index < -0.39 is 0 Å². The van der Waals surface area contributed by atoms with Crippen LogP contribution in [0.25, 0.3) is 0 Å². The van der Waals surface area contributed by atoms with Gasteiger partial charge in [0.05, 0.1) is 0 Å². The van der Waals surface area contributed by atoms with Crippen LogP contribution >= 0.6 is 0 Å². The van der Waals surface area contributed by atoms with E-state index in [9.17, 15) is 4.79 Å². The second-order valence-electron chi connectivity index (χ2n) is 4.35. The maximum Gasteiger partial charge on any atom is 0.334 e. The van der Waals surface area contributed by atoms with Crippen LogP contribution in [0.5, 0.6) is 0 Å². The second-order valence-corrected chi connectivity index (χ2v) is 4.35. The van der Waals surface area contributed by atoms with Crippen molar-refractivity contribution >= 4 is 5.97 Å². The van der Waals surface area contributed by atoms with Crippen LogP contribution in [0.4, 0.5) is 0 Å². The summed E-state index contributed by atoms with van der Waals surface area (Å²) in [5, 5.41) is 0. The maximum absolute atomic E-state index is 11.1. The van der Waals surface area contributed by atoms with E-state index in [-0.39, 0.29) is 12.1 Å². The monoisotopic (exact) mass is 222 g/mol. The molecule has 0 amide bonds. The molecule has 0 aromatic rings. The van der Waals surface area contributed by atoms with Gasteiger partial charge in [0, 0.05) is 5.57 Å². The first-order valence-corrected chi connectivity index (χ1v) is 6.30. The van der Waals surface area contributed by atoms with Gasteiger partial charge in [-0.25, -0.2) is 4.79 Å². The number of esters is 1. The molecule has 0 N–H and O–H groups in total. The van der Waals surface area contributed by atoms with Crippen molar-refractivity contribution in [2.45, 2.75) is 58.5 Å². The molecule has 1 heterocycles. The third kappa shape index (κ3) is 4.65. The van der Waals surface area contributed by atoms with Crippen molar-refractivity contribution in [1.82, 2.24) is 0 Å². The molecule has 90 valence electrons. The van der Waals surface area contributed by atoms with Crippen molar-refractivity contribution < 1.29 is 9.53 Å². The van der Waals surface area contributed by atoms with E-state index in [1.54, 1.807) is 6.92 Å². The van der Waals surface area contributed by atoms with Crippen LogP contribution in [0.3, 0.4) is 0 Å². The Hall–Kier alpha value is -1.05. The molecule has 16 heavy (non-hydrogen) atoms. The quantitative estimate of drug-likeness (QED) is 0.372. The SMILES string of the molecule is CCCCCCC/C=C/C1C=C(C)C(=O)O1. The first kappa shape index (κ1) is 13.0. The molecular formula is C14H22O2. The standard InChI is InChI=1S/C14H22O2/c1-3-4-5-6-7-8-9-10-13-11-12(2)14(15)16-13/h9-11,13H,3-8H2,1-2H3/b10-9+. The summed E-state index contributed by atoms with van der Waals surface area (Å²) in [6.07, 6.45) is 13.4. The summed E-state index contributed by atoms with van der Waals surface area (Å²) in [6.45, 7) is 4.02. The highest BCUT2D eigenvalue weighted by Gasteiger charge is 2.19. The Balaban J connectivity index is 2.07. The van der Waals surface area contributed by atoms with Crippen LogP contribution < -0.4 is 0 Å². The molecule has 0 bridgehead atoms. The lowest BCUT2D eigenvalue weighted by Gasteiger charge is -2.01. The topological polar surface area (TPSA) is 26.3 Å². The Labute approximate surface area is 98.4 Å². The fourth-order valence-electron chi connectivity index (χ4n) is 1.76. The summed E-state index contributed by atoms with van der Waals surface area (Å²) in [5.41, 5.74) is 0.720. The van der Waals surface area contributed by atoms with Crippen LogP contribution in [0, 0.1) is 0 Å². The summed E-state index contributed by atoms with van der Waals surface area (Å²) >= 11 is 0. The van der Waals surface area contributed by atoms with Crippen LogP contribution in [0.1, 0.15) is 52.4 Å². The number of carbonyl (C=O) groups is 1. The number of unbranched alkanes of at least 4 members (excludes halogenated alkanes) is 5. The van der Waals surface area contributed by atoms with Gasteiger partial charge in [-0.1, -0.05) is 38.7 Å². The molecule has 1 unspecified atom stereocenters. The third-order valence-electron chi connectivity index (χ3n) is 2.78. The second kappa shape index (κ2) is 7.26. The fraction of sp³-hybridized carbons (Fsp3) is 0.643. The number of ether oxygens (including phenoxy) is 1. The van der Waals surface area contributed by atoms with E-state index in [0.717, 1.165) is 12.0 Å². The van der Waals surface area contributed by atoms with Gasteiger partial charge in [0.25, 0.3) is 0 Å². The zero-order valence-corrected chi connectivity index (χ0v) is 10.4. The van der Waals surface area contributed by atoms with Gasteiger partial charge in [0.2, 0.25) is 0 Å². The highest BCUT2D eigenvalue weighted by molar-refractivity contribution is 5.90. The minimum Gasteiger partial charge on any atom is -0.450 e.